The van der Waals surface area contributed by atoms with E-state index >= 15 is 0 Å². The molecule has 0 aliphatic rings. The first-order chi connectivity index (χ1) is 8.75. The van der Waals surface area contributed by atoms with E-state index in [0.29, 0.717) is 0 Å². The number of carbonyl (C=O) groups excluding carboxylic acids is 1. The Hall–Kier alpha value is -1.56. The smallest absolute Gasteiger partial charge is 0.394 e. The van der Waals surface area contributed by atoms with Crippen LogP contribution < -0.4 is 5.32 Å². The normalized spacial score (nSPS) is 13.4. The first-order valence-corrected chi connectivity index (χ1v) is 5.84. The second-order valence-electron chi connectivity index (χ2n) is 4.58. The molecular formula is C13H16F3NO2. The largest absolute Gasteiger partial charge is 0.416 e. The quantitative estimate of drug-likeness (QED) is 0.886. The molecule has 0 unspecified atom stereocenters. The van der Waals surface area contributed by atoms with E-state index in [1.54, 1.807) is 0 Å². The first-order valence-electron chi connectivity index (χ1n) is 5.84. The van der Waals surface area contributed by atoms with Crippen molar-refractivity contribution >= 4 is 5.91 Å². The molecule has 0 saturated carbocycles. The molecule has 0 aliphatic heterocycles. The Morgan fingerprint density at radius 1 is 1.26 bits per heavy atom. The van der Waals surface area contributed by atoms with Crippen molar-refractivity contribution in [1.82, 2.24) is 5.32 Å². The van der Waals surface area contributed by atoms with Crippen molar-refractivity contribution in [2.75, 3.05) is 6.61 Å². The Kier molecular flexibility index (Phi) is 4.94. The molecule has 106 valence electrons. The van der Waals surface area contributed by atoms with E-state index in [0.717, 1.165) is 24.3 Å². The monoisotopic (exact) mass is 275 g/mol. The van der Waals surface area contributed by atoms with Crippen LogP contribution in [0.5, 0.6) is 0 Å². The lowest BCUT2D eigenvalue weighted by molar-refractivity contribution is -0.137. The van der Waals surface area contributed by atoms with E-state index < -0.39 is 23.7 Å². The van der Waals surface area contributed by atoms with E-state index in [-0.39, 0.29) is 18.1 Å². The van der Waals surface area contributed by atoms with Crippen molar-refractivity contribution in [3.8, 4) is 0 Å². The molecule has 19 heavy (non-hydrogen) atoms. The average molecular weight is 275 g/mol. The predicted molar refractivity (Wildman–Crippen MR) is 64.6 cm³/mol. The van der Waals surface area contributed by atoms with Crippen LogP contribution in [0.3, 0.4) is 0 Å². The summed E-state index contributed by atoms with van der Waals surface area (Å²) in [4.78, 5) is 11.8. The number of rotatable bonds is 4. The number of carbonyl (C=O) groups is 1. The lowest BCUT2D eigenvalue weighted by atomic mass is 10.0. The topological polar surface area (TPSA) is 49.3 Å². The molecular weight excluding hydrogens is 259 g/mol. The third kappa shape index (κ3) is 4.24. The van der Waals surface area contributed by atoms with Crippen molar-refractivity contribution in [3.63, 3.8) is 0 Å². The fourth-order valence-corrected chi connectivity index (χ4v) is 1.49. The van der Waals surface area contributed by atoms with Crippen LogP contribution in [-0.2, 0) is 6.18 Å². The molecule has 1 rings (SSSR count). The Morgan fingerprint density at radius 3 is 2.16 bits per heavy atom. The van der Waals surface area contributed by atoms with Gasteiger partial charge in [-0.15, -0.1) is 0 Å². The van der Waals surface area contributed by atoms with Crippen molar-refractivity contribution in [2.45, 2.75) is 26.1 Å². The number of halogens is 3. The maximum absolute atomic E-state index is 12.4. The highest BCUT2D eigenvalue weighted by atomic mass is 19.4. The van der Waals surface area contributed by atoms with Gasteiger partial charge in [-0.3, -0.25) is 4.79 Å². The lowest BCUT2D eigenvalue weighted by Crippen LogP contribution is -2.41. The molecule has 0 heterocycles. The van der Waals surface area contributed by atoms with Crippen molar-refractivity contribution < 1.29 is 23.1 Å². The second kappa shape index (κ2) is 6.06. The van der Waals surface area contributed by atoms with Gasteiger partial charge in [0.25, 0.3) is 5.91 Å². The summed E-state index contributed by atoms with van der Waals surface area (Å²) < 4.78 is 37.1. The third-order valence-electron chi connectivity index (χ3n) is 2.79. The van der Waals surface area contributed by atoms with Crippen LogP contribution in [0.4, 0.5) is 13.2 Å². The van der Waals surface area contributed by atoms with Gasteiger partial charge in [0.1, 0.15) is 0 Å². The molecule has 0 fully saturated rings. The standard InChI is InChI=1S/C13H16F3NO2/c1-8(2)11(7-18)17-12(19)9-3-5-10(6-4-9)13(14,15)16/h3-6,8,11,18H,7H2,1-2H3,(H,17,19)/t11-/m1/s1. The lowest BCUT2D eigenvalue weighted by Gasteiger charge is -2.20. The zero-order valence-corrected chi connectivity index (χ0v) is 10.7. The highest BCUT2D eigenvalue weighted by molar-refractivity contribution is 5.94. The van der Waals surface area contributed by atoms with E-state index in [2.05, 4.69) is 5.32 Å². The Bertz CT molecular complexity index is 427. The van der Waals surface area contributed by atoms with Gasteiger partial charge in [-0.05, 0) is 30.2 Å². The highest BCUT2D eigenvalue weighted by Crippen LogP contribution is 2.29. The Labute approximate surface area is 109 Å². The molecule has 1 aromatic rings. The van der Waals surface area contributed by atoms with Gasteiger partial charge in [-0.2, -0.15) is 13.2 Å². The number of aliphatic hydroxyl groups is 1. The second-order valence-corrected chi connectivity index (χ2v) is 4.58. The summed E-state index contributed by atoms with van der Waals surface area (Å²) in [6, 6.07) is 3.53. The number of nitrogens with one attached hydrogen (secondary N) is 1. The van der Waals surface area contributed by atoms with Crippen molar-refractivity contribution in [3.05, 3.63) is 35.4 Å². The number of aliphatic hydroxyl groups excluding tert-OH is 1. The van der Waals surface area contributed by atoms with Crippen LogP contribution in [-0.4, -0.2) is 23.7 Å². The van der Waals surface area contributed by atoms with E-state index in [1.165, 1.54) is 0 Å². The number of hydrogen-bond acceptors (Lipinski definition) is 2. The Balaban J connectivity index is 2.78. The summed E-state index contributed by atoms with van der Waals surface area (Å²) in [5, 5.41) is 11.6. The van der Waals surface area contributed by atoms with Gasteiger partial charge in [0.15, 0.2) is 0 Å². The minimum atomic E-state index is -4.42. The van der Waals surface area contributed by atoms with E-state index in [4.69, 9.17) is 5.11 Å². The summed E-state index contributed by atoms with van der Waals surface area (Å²) in [7, 11) is 0. The molecule has 1 atom stereocenters. The van der Waals surface area contributed by atoms with Gasteiger partial charge in [-0.1, -0.05) is 13.8 Å². The SMILES string of the molecule is CC(C)[C@@H](CO)NC(=O)c1ccc(C(F)(F)F)cc1. The van der Waals surface area contributed by atoms with Crippen LogP contribution in [0.15, 0.2) is 24.3 Å². The van der Waals surface area contributed by atoms with E-state index in [9.17, 15) is 18.0 Å². The van der Waals surface area contributed by atoms with Crippen LogP contribution in [0.25, 0.3) is 0 Å². The molecule has 0 bridgehead atoms. The van der Waals surface area contributed by atoms with Crippen LogP contribution in [0, 0.1) is 5.92 Å². The fraction of sp³-hybridized carbons (Fsp3) is 0.462. The van der Waals surface area contributed by atoms with Gasteiger partial charge in [-0.25, -0.2) is 0 Å². The molecule has 3 nitrogen and oxygen atoms in total. The molecule has 0 spiro atoms. The predicted octanol–water partition coefficient (Wildman–Crippen LogP) is 2.45. The van der Waals surface area contributed by atoms with Gasteiger partial charge in [0, 0.05) is 5.56 Å². The molecule has 0 saturated heterocycles. The molecule has 1 aromatic carbocycles. The number of alkyl halides is 3. The van der Waals surface area contributed by atoms with Gasteiger partial charge >= 0.3 is 6.18 Å². The first kappa shape index (κ1) is 15.5. The van der Waals surface area contributed by atoms with Crippen LogP contribution in [0.2, 0.25) is 0 Å². The maximum Gasteiger partial charge on any atom is 0.416 e. The van der Waals surface area contributed by atoms with E-state index in [1.807, 2.05) is 13.8 Å². The molecule has 0 radical (unpaired) electrons. The summed E-state index contributed by atoms with van der Waals surface area (Å²) in [6.07, 6.45) is -4.42. The van der Waals surface area contributed by atoms with Crippen LogP contribution >= 0.6 is 0 Å². The van der Waals surface area contributed by atoms with Gasteiger partial charge < -0.3 is 10.4 Å². The van der Waals surface area contributed by atoms with Crippen molar-refractivity contribution in [1.29, 1.82) is 0 Å². The maximum atomic E-state index is 12.4. The summed E-state index contributed by atoms with van der Waals surface area (Å²) >= 11 is 0. The third-order valence-corrected chi connectivity index (χ3v) is 2.79. The fourth-order valence-electron chi connectivity index (χ4n) is 1.49. The molecule has 0 aromatic heterocycles. The number of hydrogen-bond donors (Lipinski definition) is 2. The zero-order valence-electron chi connectivity index (χ0n) is 10.7. The summed E-state index contributed by atoms with van der Waals surface area (Å²) in [5.74, 6) is -0.468. The Morgan fingerprint density at radius 2 is 1.79 bits per heavy atom. The molecule has 1 amide bonds. The minimum absolute atomic E-state index is 0.0309. The average Bonchev–Trinajstić information content (AvgIpc) is 2.34. The summed E-state index contributed by atoms with van der Waals surface area (Å²) in [6.45, 7) is 3.44. The van der Waals surface area contributed by atoms with Crippen molar-refractivity contribution in [2.24, 2.45) is 5.92 Å². The van der Waals surface area contributed by atoms with Gasteiger partial charge in [0.2, 0.25) is 0 Å². The minimum Gasteiger partial charge on any atom is -0.394 e. The summed E-state index contributed by atoms with van der Waals surface area (Å²) in [5.41, 5.74) is -0.668. The zero-order chi connectivity index (χ0) is 14.6. The number of amides is 1. The highest BCUT2D eigenvalue weighted by Gasteiger charge is 2.30. The molecule has 6 heteroatoms. The number of benzene rings is 1. The van der Waals surface area contributed by atoms with Crippen LogP contribution in [0.1, 0.15) is 29.8 Å². The molecule has 0 aliphatic carbocycles. The molecule has 2 N–H and O–H groups in total. The van der Waals surface area contributed by atoms with Gasteiger partial charge in [0.05, 0.1) is 18.2 Å².